The number of hydrogen-bond donors (Lipinski definition) is 2. The Morgan fingerprint density at radius 1 is 1.35 bits per heavy atom. The predicted molar refractivity (Wildman–Crippen MR) is 80.0 cm³/mol. The summed E-state index contributed by atoms with van der Waals surface area (Å²) < 4.78 is 5.32. The molecule has 1 aromatic carbocycles. The first-order valence-corrected chi connectivity index (χ1v) is 7.55. The molecule has 0 spiro atoms. The molecular weight excluding hydrogens is 252 g/mol. The van der Waals surface area contributed by atoms with Gasteiger partial charge in [-0.25, -0.2) is 0 Å². The molecular formula is C16H22N2O2. The Morgan fingerprint density at radius 2 is 2.20 bits per heavy atom. The Labute approximate surface area is 119 Å². The molecule has 0 bridgehead atoms. The molecule has 0 aromatic heterocycles. The maximum absolute atomic E-state index is 12.1. The van der Waals surface area contributed by atoms with Gasteiger partial charge < -0.3 is 15.4 Å². The van der Waals surface area contributed by atoms with Gasteiger partial charge in [-0.15, -0.1) is 0 Å². The average Bonchev–Trinajstić information content (AvgIpc) is 2.48. The number of benzene rings is 1. The number of aryl methyl sites for hydroxylation is 1. The summed E-state index contributed by atoms with van der Waals surface area (Å²) in [5.74, 6) is 0.601. The molecule has 108 valence electrons. The van der Waals surface area contributed by atoms with Gasteiger partial charge in [0.25, 0.3) is 0 Å². The topological polar surface area (TPSA) is 50.4 Å². The summed E-state index contributed by atoms with van der Waals surface area (Å²) in [5, 5.41) is 6.41. The van der Waals surface area contributed by atoms with Crippen LogP contribution in [0.15, 0.2) is 18.2 Å². The molecule has 3 rings (SSSR count). The van der Waals surface area contributed by atoms with E-state index in [1.807, 2.05) is 6.07 Å². The van der Waals surface area contributed by atoms with Crippen LogP contribution in [0.5, 0.6) is 0 Å². The molecule has 20 heavy (non-hydrogen) atoms. The summed E-state index contributed by atoms with van der Waals surface area (Å²) in [7, 11) is 0. The first kappa shape index (κ1) is 13.4. The summed E-state index contributed by atoms with van der Waals surface area (Å²) in [4.78, 5) is 12.1. The van der Waals surface area contributed by atoms with E-state index in [1.165, 1.54) is 11.3 Å². The number of amides is 1. The SMILES string of the molecule is O=C(CC1CCOCC1)Nc1ccc2c(c1)CCCN2. The highest BCUT2D eigenvalue weighted by Gasteiger charge is 2.18. The zero-order valence-corrected chi connectivity index (χ0v) is 11.8. The van der Waals surface area contributed by atoms with Crippen molar-refractivity contribution in [3.8, 4) is 0 Å². The number of carbonyl (C=O) groups is 1. The quantitative estimate of drug-likeness (QED) is 0.891. The zero-order valence-electron chi connectivity index (χ0n) is 11.8. The summed E-state index contributed by atoms with van der Waals surface area (Å²) >= 11 is 0. The van der Waals surface area contributed by atoms with Gasteiger partial charge in [0.05, 0.1) is 0 Å². The second-order valence-electron chi connectivity index (χ2n) is 5.71. The minimum atomic E-state index is 0.126. The maximum atomic E-state index is 12.1. The number of ether oxygens (including phenoxy) is 1. The normalized spacial score (nSPS) is 19.0. The van der Waals surface area contributed by atoms with E-state index in [0.717, 1.165) is 51.1 Å². The van der Waals surface area contributed by atoms with E-state index in [0.29, 0.717) is 12.3 Å². The first-order chi connectivity index (χ1) is 9.81. The molecule has 0 aliphatic carbocycles. The fourth-order valence-corrected chi connectivity index (χ4v) is 2.98. The van der Waals surface area contributed by atoms with Gasteiger partial charge in [0, 0.05) is 37.6 Å². The van der Waals surface area contributed by atoms with E-state index < -0.39 is 0 Å². The van der Waals surface area contributed by atoms with Crippen molar-refractivity contribution in [2.75, 3.05) is 30.4 Å². The van der Waals surface area contributed by atoms with E-state index in [4.69, 9.17) is 4.74 Å². The lowest BCUT2D eigenvalue weighted by atomic mass is 9.96. The van der Waals surface area contributed by atoms with E-state index >= 15 is 0 Å². The van der Waals surface area contributed by atoms with Gasteiger partial charge in [-0.2, -0.15) is 0 Å². The third kappa shape index (κ3) is 3.31. The summed E-state index contributed by atoms with van der Waals surface area (Å²) in [6, 6.07) is 6.15. The lowest BCUT2D eigenvalue weighted by molar-refractivity contribution is -0.117. The molecule has 1 saturated heterocycles. The van der Waals surface area contributed by atoms with Crippen LogP contribution in [-0.4, -0.2) is 25.7 Å². The largest absolute Gasteiger partial charge is 0.385 e. The van der Waals surface area contributed by atoms with Crippen molar-refractivity contribution in [3.63, 3.8) is 0 Å². The number of rotatable bonds is 3. The molecule has 1 fully saturated rings. The summed E-state index contributed by atoms with van der Waals surface area (Å²) in [6.07, 6.45) is 4.86. The van der Waals surface area contributed by atoms with Crippen molar-refractivity contribution in [1.82, 2.24) is 0 Å². The van der Waals surface area contributed by atoms with Gasteiger partial charge in [-0.05, 0) is 55.4 Å². The molecule has 4 heteroatoms. The minimum Gasteiger partial charge on any atom is -0.385 e. The van der Waals surface area contributed by atoms with Crippen LogP contribution >= 0.6 is 0 Å². The van der Waals surface area contributed by atoms with Crippen molar-refractivity contribution in [3.05, 3.63) is 23.8 Å². The van der Waals surface area contributed by atoms with Crippen LogP contribution < -0.4 is 10.6 Å². The zero-order chi connectivity index (χ0) is 13.8. The molecule has 0 atom stereocenters. The second-order valence-corrected chi connectivity index (χ2v) is 5.71. The van der Waals surface area contributed by atoms with Crippen LogP contribution in [0.25, 0.3) is 0 Å². The molecule has 0 saturated carbocycles. The van der Waals surface area contributed by atoms with E-state index in [-0.39, 0.29) is 5.91 Å². The van der Waals surface area contributed by atoms with Crippen LogP contribution in [-0.2, 0) is 16.0 Å². The highest BCUT2D eigenvalue weighted by atomic mass is 16.5. The Hall–Kier alpha value is -1.55. The number of carbonyl (C=O) groups excluding carboxylic acids is 1. The fourth-order valence-electron chi connectivity index (χ4n) is 2.98. The number of hydrogen-bond acceptors (Lipinski definition) is 3. The monoisotopic (exact) mass is 274 g/mol. The van der Waals surface area contributed by atoms with E-state index in [2.05, 4.69) is 22.8 Å². The van der Waals surface area contributed by atoms with Gasteiger partial charge >= 0.3 is 0 Å². The van der Waals surface area contributed by atoms with Crippen molar-refractivity contribution >= 4 is 17.3 Å². The van der Waals surface area contributed by atoms with Crippen molar-refractivity contribution in [2.24, 2.45) is 5.92 Å². The van der Waals surface area contributed by atoms with E-state index in [1.54, 1.807) is 0 Å². The number of anilines is 2. The Kier molecular flexibility index (Phi) is 4.21. The van der Waals surface area contributed by atoms with Crippen LogP contribution in [0.4, 0.5) is 11.4 Å². The molecule has 0 radical (unpaired) electrons. The van der Waals surface area contributed by atoms with Crippen molar-refractivity contribution in [1.29, 1.82) is 0 Å². The molecule has 2 N–H and O–H groups in total. The van der Waals surface area contributed by atoms with Crippen LogP contribution in [0, 0.1) is 5.92 Å². The molecule has 2 heterocycles. The molecule has 1 aromatic rings. The van der Waals surface area contributed by atoms with Crippen molar-refractivity contribution < 1.29 is 9.53 Å². The maximum Gasteiger partial charge on any atom is 0.224 e. The van der Waals surface area contributed by atoms with Crippen LogP contribution in [0.2, 0.25) is 0 Å². The van der Waals surface area contributed by atoms with Crippen LogP contribution in [0.3, 0.4) is 0 Å². The standard InChI is InChI=1S/C16H22N2O2/c19-16(10-12-5-8-20-9-6-12)18-14-3-4-15-13(11-14)2-1-7-17-15/h3-4,11-12,17H,1-2,5-10H2,(H,18,19). The highest BCUT2D eigenvalue weighted by Crippen LogP contribution is 2.26. The van der Waals surface area contributed by atoms with Gasteiger partial charge in [0.1, 0.15) is 0 Å². The van der Waals surface area contributed by atoms with Gasteiger partial charge in [0.2, 0.25) is 5.91 Å². The Morgan fingerprint density at radius 3 is 3.05 bits per heavy atom. The number of fused-ring (bicyclic) bond motifs is 1. The van der Waals surface area contributed by atoms with Gasteiger partial charge in [-0.1, -0.05) is 0 Å². The highest BCUT2D eigenvalue weighted by molar-refractivity contribution is 5.91. The summed E-state index contributed by atoms with van der Waals surface area (Å²) in [6.45, 7) is 2.63. The molecule has 2 aliphatic rings. The third-order valence-electron chi connectivity index (χ3n) is 4.14. The molecule has 0 unspecified atom stereocenters. The lowest BCUT2D eigenvalue weighted by Crippen LogP contribution is -2.22. The molecule has 2 aliphatic heterocycles. The Balaban J connectivity index is 1.58. The number of nitrogens with one attached hydrogen (secondary N) is 2. The fraction of sp³-hybridized carbons (Fsp3) is 0.562. The van der Waals surface area contributed by atoms with E-state index in [9.17, 15) is 4.79 Å². The Bertz CT molecular complexity index is 481. The minimum absolute atomic E-state index is 0.126. The molecule has 1 amide bonds. The summed E-state index contributed by atoms with van der Waals surface area (Å²) in [5.41, 5.74) is 3.43. The van der Waals surface area contributed by atoms with Crippen LogP contribution in [0.1, 0.15) is 31.2 Å². The third-order valence-corrected chi connectivity index (χ3v) is 4.14. The molecule has 4 nitrogen and oxygen atoms in total. The predicted octanol–water partition coefficient (Wildman–Crippen LogP) is 2.80. The average molecular weight is 274 g/mol. The first-order valence-electron chi connectivity index (χ1n) is 7.55. The second kappa shape index (κ2) is 6.27. The van der Waals surface area contributed by atoms with Crippen molar-refractivity contribution in [2.45, 2.75) is 32.1 Å². The van der Waals surface area contributed by atoms with Gasteiger partial charge in [-0.3, -0.25) is 4.79 Å². The smallest absolute Gasteiger partial charge is 0.224 e. The van der Waals surface area contributed by atoms with Gasteiger partial charge in [0.15, 0.2) is 0 Å². The lowest BCUT2D eigenvalue weighted by Gasteiger charge is -2.22.